The average Bonchev–Trinajstić information content (AvgIpc) is 2.79. The van der Waals surface area contributed by atoms with Crippen molar-refractivity contribution in [3.8, 4) is 0 Å². The zero-order valence-corrected chi connectivity index (χ0v) is 19.3. The zero-order chi connectivity index (χ0) is 23.8. The molecule has 3 aromatic carbocycles. The Morgan fingerprint density at radius 1 is 0.818 bits per heavy atom. The summed E-state index contributed by atoms with van der Waals surface area (Å²) in [5, 5.41) is 6.33. The molecule has 170 valence electrons. The number of urea groups is 2. The molecule has 0 spiro atoms. The first-order valence-electron chi connectivity index (χ1n) is 10.0. The van der Waals surface area contributed by atoms with Crippen molar-refractivity contribution in [2.75, 3.05) is 10.6 Å². The van der Waals surface area contributed by atoms with Crippen LogP contribution < -0.4 is 10.6 Å². The van der Waals surface area contributed by atoms with Gasteiger partial charge in [-0.2, -0.15) is 0 Å². The van der Waals surface area contributed by atoms with Gasteiger partial charge in [0.05, 0.1) is 5.41 Å². The summed E-state index contributed by atoms with van der Waals surface area (Å²) in [5.74, 6) is 0. The van der Waals surface area contributed by atoms with Gasteiger partial charge in [-0.3, -0.25) is 0 Å². The number of halogens is 1. The van der Waals surface area contributed by atoms with Crippen LogP contribution in [0, 0.1) is 0 Å². The maximum Gasteiger partial charge on any atom is 0.344 e. The van der Waals surface area contributed by atoms with Gasteiger partial charge in [0.25, 0.3) is 10.0 Å². The lowest BCUT2D eigenvalue weighted by atomic mass is 10.1. The normalized spacial score (nSPS) is 11.5. The first-order valence-corrected chi connectivity index (χ1v) is 11.9. The number of nitrogens with zero attached hydrogens (tertiary/aromatic N) is 1. The largest absolute Gasteiger partial charge is 0.344 e. The van der Waals surface area contributed by atoms with Gasteiger partial charge in [0.15, 0.2) is 0 Å². The fraction of sp³-hybridized carbons (Fsp3) is 0.0833. The molecule has 33 heavy (non-hydrogen) atoms. The highest BCUT2D eigenvalue weighted by atomic mass is 35.5. The van der Waals surface area contributed by atoms with Crippen molar-refractivity contribution in [2.24, 2.45) is 0 Å². The number of imide groups is 1. The number of para-hydroxylation sites is 2. The van der Waals surface area contributed by atoms with E-state index in [4.69, 9.17) is 11.6 Å². The molecule has 0 aromatic heterocycles. The summed E-state index contributed by atoms with van der Waals surface area (Å²) in [6, 6.07) is 20.9. The van der Waals surface area contributed by atoms with Crippen molar-refractivity contribution >= 4 is 50.6 Å². The SMILES string of the molecule is CC/C(=C\S(=O)(=O)N(C(=O)Nc1ccccc1)C(=O)Nc1ccccc1)c1ccc(Cl)cc1. The summed E-state index contributed by atoms with van der Waals surface area (Å²) in [5.41, 5.74) is 1.70. The molecule has 0 radical (unpaired) electrons. The number of amides is 4. The Morgan fingerprint density at radius 3 is 1.70 bits per heavy atom. The number of nitrogens with one attached hydrogen (secondary N) is 2. The maximum atomic E-state index is 13.3. The van der Waals surface area contributed by atoms with Crippen LogP contribution in [0.1, 0.15) is 18.9 Å². The highest BCUT2D eigenvalue weighted by Gasteiger charge is 2.33. The van der Waals surface area contributed by atoms with Crippen LogP contribution >= 0.6 is 11.6 Å². The lowest BCUT2D eigenvalue weighted by Crippen LogP contribution is -2.45. The molecule has 3 aromatic rings. The van der Waals surface area contributed by atoms with Crippen LogP contribution in [0.2, 0.25) is 5.02 Å². The molecular formula is C24H22ClN3O4S. The number of anilines is 2. The van der Waals surface area contributed by atoms with E-state index < -0.39 is 22.1 Å². The van der Waals surface area contributed by atoms with Crippen molar-refractivity contribution in [3.05, 3.63) is 101 Å². The van der Waals surface area contributed by atoms with E-state index in [1.807, 2.05) is 0 Å². The second-order valence-electron chi connectivity index (χ2n) is 6.91. The Kier molecular flexibility index (Phi) is 7.87. The summed E-state index contributed by atoms with van der Waals surface area (Å²) in [6.45, 7) is 1.77. The van der Waals surface area contributed by atoms with Gasteiger partial charge in [0, 0.05) is 16.4 Å². The number of rotatable bonds is 6. The van der Waals surface area contributed by atoms with Gasteiger partial charge >= 0.3 is 12.1 Å². The fourth-order valence-corrected chi connectivity index (χ4v) is 4.41. The van der Waals surface area contributed by atoms with E-state index in [0.717, 1.165) is 5.41 Å². The van der Waals surface area contributed by atoms with Gasteiger partial charge < -0.3 is 10.6 Å². The van der Waals surface area contributed by atoms with E-state index in [0.29, 0.717) is 34.0 Å². The molecule has 9 heteroatoms. The lowest BCUT2D eigenvalue weighted by molar-refractivity contribution is 0.223. The van der Waals surface area contributed by atoms with Crippen LogP contribution in [-0.4, -0.2) is 24.8 Å². The van der Waals surface area contributed by atoms with Gasteiger partial charge in [0.2, 0.25) is 0 Å². The third-order valence-electron chi connectivity index (χ3n) is 4.56. The minimum Gasteiger partial charge on any atom is -0.307 e. The number of benzene rings is 3. The van der Waals surface area contributed by atoms with Gasteiger partial charge in [-0.1, -0.05) is 67.1 Å². The Bertz CT molecular complexity index is 1190. The number of carbonyl (C=O) groups excluding carboxylic acids is 2. The molecule has 7 nitrogen and oxygen atoms in total. The van der Waals surface area contributed by atoms with Crippen LogP contribution in [0.25, 0.3) is 5.57 Å². The molecule has 0 aliphatic heterocycles. The number of sulfonamides is 1. The summed E-state index contributed by atoms with van der Waals surface area (Å²) in [4.78, 5) is 25.9. The first kappa shape index (κ1) is 24.0. The minimum absolute atomic E-state index is 0.179. The zero-order valence-electron chi connectivity index (χ0n) is 17.7. The predicted molar refractivity (Wildman–Crippen MR) is 131 cm³/mol. The molecule has 0 saturated carbocycles. The van der Waals surface area contributed by atoms with Crippen LogP contribution in [0.15, 0.2) is 90.3 Å². The molecule has 0 bridgehead atoms. The van der Waals surface area contributed by atoms with Gasteiger partial charge in [-0.05, 0) is 54.0 Å². The Hall–Kier alpha value is -3.62. The fourth-order valence-electron chi connectivity index (χ4n) is 2.97. The second kappa shape index (κ2) is 10.8. The molecule has 0 fully saturated rings. The van der Waals surface area contributed by atoms with Crippen LogP contribution in [0.4, 0.5) is 21.0 Å². The third kappa shape index (κ3) is 6.44. The van der Waals surface area contributed by atoms with E-state index in [9.17, 15) is 18.0 Å². The molecule has 0 aliphatic carbocycles. The topological polar surface area (TPSA) is 95.6 Å². The van der Waals surface area contributed by atoms with Gasteiger partial charge in [0.1, 0.15) is 0 Å². The van der Waals surface area contributed by atoms with Gasteiger partial charge in [-0.15, -0.1) is 4.31 Å². The van der Waals surface area contributed by atoms with Crippen molar-refractivity contribution in [1.82, 2.24) is 4.31 Å². The first-order chi connectivity index (χ1) is 15.8. The van der Waals surface area contributed by atoms with E-state index >= 15 is 0 Å². The van der Waals surface area contributed by atoms with Crippen molar-refractivity contribution in [1.29, 1.82) is 0 Å². The molecule has 4 amide bonds. The monoisotopic (exact) mass is 483 g/mol. The summed E-state index contributed by atoms with van der Waals surface area (Å²) < 4.78 is 26.8. The molecule has 0 heterocycles. The molecule has 0 saturated heterocycles. The van der Waals surface area contributed by atoms with E-state index in [2.05, 4.69) is 10.6 Å². The van der Waals surface area contributed by atoms with Crippen molar-refractivity contribution in [3.63, 3.8) is 0 Å². The van der Waals surface area contributed by atoms with Crippen molar-refractivity contribution in [2.45, 2.75) is 13.3 Å². The Balaban J connectivity index is 1.99. The lowest BCUT2D eigenvalue weighted by Gasteiger charge is -2.21. The van der Waals surface area contributed by atoms with Crippen LogP contribution in [0.5, 0.6) is 0 Å². The van der Waals surface area contributed by atoms with Crippen LogP contribution in [-0.2, 0) is 10.0 Å². The summed E-state index contributed by atoms with van der Waals surface area (Å²) >= 11 is 5.93. The number of hydrogen-bond acceptors (Lipinski definition) is 4. The highest BCUT2D eigenvalue weighted by molar-refractivity contribution is 7.93. The average molecular weight is 484 g/mol. The summed E-state index contributed by atoms with van der Waals surface area (Å²) in [6.07, 6.45) is 0.343. The Labute approximate surface area is 197 Å². The van der Waals surface area contributed by atoms with Crippen molar-refractivity contribution < 1.29 is 18.0 Å². The quantitative estimate of drug-likeness (QED) is 0.437. The number of hydrogen-bond donors (Lipinski definition) is 2. The minimum atomic E-state index is -4.52. The maximum absolute atomic E-state index is 13.3. The number of allylic oxidation sites excluding steroid dienone is 1. The third-order valence-corrected chi connectivity index (χ3v) is 6.24. The van der Waals surface area contributed by atoms with Crippen LogP contribution in [0.3, 0.4) is 0 Å². The van der Waals surface area contributed by atoms with E-state index in [1.54, 1.807) is 91.9 Å². The molecule has 0 unspecified atom stereocenters. The standard InChI is InChI=1S/C24H22ClN3O4S/c1-2-18(19-13-15-20(25)16-14-19)17-33(31,32)28(23(29)26-21-9-5-3-6-10-21)24(30)27-22-11-7-4-8-12-22/h3-17H,2H2,1H3,(H,26,29)(H,27,30)/b18-17+. The summed E-state index contributed by atoms with van der Waals surface area (Å²) in [7, 11) is -4.52. The molecule has 3 rings (SSSR count). The Morgan fingerprint density at radius 2 is 1.27 bits per heavy atom. The van der Waals surface area contributed by atoms with Gasteiger partial charge in [-0.25, -0.2) is 18.0 Å². The predicted octanol–water partition coefficient (Wildman–Crippen LogP) is 6.19. The smallest absolute Gasteiger partial charge is 0.307 e. The molecule has 0 aliphatic rings. The number of carbonyl (C=O) groups is 2. The molecular weight excluding hydrogens is 462 g/mol. The van der Waals surface area contributed by atoms with E-state index in [-0.39, 0.29) is 4.31 Å². The highest BCUT2D eigenvalue weighted by Crippen LogP contribution is 2.23. The second-order valence-corrected chi connectivity index (χ2v) is 8.97. The molecule has 2 N–H and O–H groups in total. The molecule has 0 atom stereocenters. The van der Waals surface area contributed by atoms with E-state index in [1.165, 1.54) is 0 Å².